The summed E-state index contributed by atoms with van der Waals surface area (Å²) in [4.78, 5) is 11.6. The second-order valence-electron chi connectivity index (χ2n) is 6.35. The maximum Gasteiger partial charge on any atom is 0.343 e. The average Bonchev–Trinajstić information content (AvgIpc) is 3.27. The first-order chi connectivity index (χ1) is 14.5. The van der Waals surface area contributed by atoms with Crippen LogP contribution in [0.2, 0.25) is 0 Å². The fourth-order valence-electron chi connectivity index (χ4n) is 3.32. The minimum absolute atomic E-state index is 0.0283. The van der Waals surface area contributed by atoms with Crippen LogP contribution < -0.4 is 23.7 Å². The number of ether oxygens (including phenoxy) is 5. The van der Waals surface area contributed by atoms with Gasteiger partial charge in [-0.1, -0.05) is 0 Å². The Labute approximate surface area is 184 Å². The molecule has 7 nitrogen and oxygen atoms in total. The molecule has 1 aliphatic heterocycles. The van der Waals surface area contributed by atoms with Gasteiger partial charge in [0.25, 0.3) is 0 Å². The zero-order valence-corrected chi connectivity index (χ0v) is 19.0. The molecule has 0 radical (unpaired) electrons. The van der Waals surface area contributed by atoms with E-state index in [2.05, 4.69) is 0 Å². The van der Waals surface area contributed by atoms with Gasteiger partial charge in [0.05, 0.1) is 40.1 Å². The van der Waals surface area contributed by atoms with E-state index in [1.54, 1.807) is 57.0 Å². The van der Waals surface area contributed by atoms with Gasteiger partial charge < -0.3 is 28.8 Å². The summed E-state index contributed by atoms with van der Waals surface area (Å²) < 4.78 is 27.2. The maximum absolute atomic E-state index is 11.6. The molecule has 2 aromatic carbocycles. The number of hydrogen-bond acceptors (Lipinski definition) is 8. The molecule has 2 atom stereocenters. The Morgan fingerprint density at radius 1 is 0.833 bits per heavy atom. The number of benzene rings is 2. The van der Waals surface area contributed by atoms with Crippen LogP contribution in [0.3, 0.4) is 0 Å². The van der Waals surface area contributed by atoms with E-state index in [0.29, 0.717) is 28.7 Å². The van der Waals surface area contributed by atoms with Gasteiger partial charge in [0, 0.05) is 11.0 Å². The average molecular weight is 453 g/mol. The van der Waals surface area contributed by atoms with Crippen LogP contribution in [0.5, 0.6) is 28.7 Å². The fourth-order valence-corrected chi connectivity index (χ4v) is 6.58. The van der Waals surface area contributed by atoms with Gasteiger partial charge in [-0.3, -0.25) is 0 Å². The second-order valence-corrected chi connectivity index (χ2v) is 9.10. The molecule has 9 heteroatoms. The highest BCUT2D eigenvalue weighted by molar-refractivity contribution is 8.19. The smallest absolute Gasteiger partial charge is 0.343 e. The van der Waals surface area contributed by atoms with Gasteiger partial charge >= 0.3 is 5.97 Å². The van der Waals surface area contributed by atoms with E-state index in [4.69, 9.17) is 23.7 Å². The van der Waals surface area contributed by atoms with E-state index in [1.165, 1.54) is 14.2 Å². The zero-order valence-electron chi connectivity index (χ0n) is 17.4. The van der Waals surface area contributed by atoms with Crippen molar-refractivity contribution in [2.24, 2.45) is 0 Å². The lowest BCUT2D eigenvalue weighted by atomic mass is 10.1. The Kier molecular flexibility index (Phi) is 7.14. The van der Waals surface area contributed by atoms with Crippen molar-refractivity contribution in [3.05, 3.63) is 41.0 Å². The van der Waals surface area contributed by atoms with Crippen molar-refractivity contribution in [2.75, 3.05) is 41.3 Å². The molecule has 0 spiro atoms. The summed E-state index contributed by atoms with van der Waals surface area (Å²) in [5.41, 5.74) is 2.05. The quantitative estimate of drug-likeness (QED) is 0.615. The molecule has 1 fully saturated rings. The first-order valence-electron chi connectivity index (χ1n) is 9.03. The van der Waals surface area contributed by atoms with Crippen LogP contribution in [0.25, 0.3) is 0 Å². The molecule has 1 saturated heterocycles. The largest absolute Gasteiger partial charge is 0.496 e. The molecule has 30 heavy (non-hydrogen) atoms. The summed E-state index contributed by atoms with van der Waals surface area (Å²) in [5.74, 6) is 2.14. The summed E-state index contributed by atoms with van der Waals surface area (Å²) in [6, 6.07) is 7.48. The van der Waals surface area contributed by atoms with Crippen LogP contribution in [-0.4, -0.2) is 52.4 Å². The van der Waals surface area contributed by atoms with Crippen LogP contribution in [-0.2, 0) is 0 Å². The second kappa shape index (κ2) is 9.61. The van der Waals surface area contributed by atoms with E-state index in [1.807, 2.05) is 12.1 Å². The summed E-state index contributed by atoms with van der Waals surface area (Å²) in [6.45, 7) is 0. The highest BCUT2D eigenvalue weighted by Crippen LogP contribution is 2.58. The zero-order chi connectivity index (χ0) is 21.8. The first kappa shape index (κ1) is 22.3. The van der Waals surface area contributed by atoms with Crippen molar-refractivity contribution in [1.82, 2.24) is 0 Å². The molecule has 0 saturated carbocycles. The van der Waals surface area contributed by atoms with Crippen LogP contribution in [0.4, 0.5) is 0 Å². The van der Waals surface area contributed by atoms with Crippen LogP contribution in [0.15, 0.2) is 24.3 Å². The van der Waals surface area contributed by atoms with Gasteiger partial charge in [0.2, 0.25) is 5.75 Å². The number of thioether (sulfide) groups is 2. The van der Waals surface area contributed by atoms with Crippen molar-refractivity contribution in [3.8, 4) is 28.7 Å². The first-order valence-corrected chi connectivity index (χ1v) is 11.0. The van der Waals surface area contributed by atoms with Gasteiger partial charge in [-0.15, -0.1) is 23.5 Å². The molecule has 0 amide bonds. The van der Waals surface area contributed by atoms with Gasteiger partial charge in [-0.05, 0) is 35.4 Å². The number of methoxy groups -OCH3 is 5. The molecule has 1 heterocycles. The third-order valence-electron chi connectivity index (χ3n) is 4.76. The van der Waals surface area contributed by atoms with Crippen molar-refractivity contribution >= 4 is 29.5 Å². The number of carbonyl (C=O) groups is 1. The van der Waals surface area contributed by atoms with Gasteiger partial charge in [0.1, 0.15) is 17.1 Å². The van der Waals surface area contributed by atoms with Gasteiger partial charge in [-0.2, -0.15) is 0 Å². The molecule has 162 valence electrons. The van der Waals surface area contributed by atoms with E-state index < -0.39 is 5.97 Å². The van der Waals surface area contributed by atoms with Crippen LogP contribution >= 0.6 is 23.5 Å². The van der Waals surface area contributed by atoms with E-state index in [0.717, 1.165) is 16.9 Å². The maximum atomic E-state index is 11.6. The summed E-state index contributed by atoms with van der Waals surface area (Å²) in [7, 11) is 7.69. The molecule has 2 unspecified atom stereocenters. The molecule has 1 N–H and O–H groups in total. The number of aromatic carboxylic acids is 1. The van der Waals surface area contributed by atoms with Gasteiger partial charge in [0.15, 0.2) is 11.5 Å². The Balaban J connectivity index is 1.91. The lowest BCUT2D eigenvalue weighted by Crippen LogP contribution is -2.06. The molecule has 2 aromatic rings. The Morgan fingerprint density at radius 2 is 1.33 bits per heavy atom. The normalized spacial score (nSPS) is 18.0. The lowest BCUT2D eigenvalue weighted by Gasteiger charge is -2.18. The minimum atomic E-state index is -1.08. The van der Waals surface area contributed by atoms with Crippen molar-refractivity contribution in [1.29, 1.82) is 0 Å². The number of hydrogen-bond donors (Lipinski definition) is 1. The molecule has 0 aliphatic carbocycles. The number of carboxylic acid groups (broad SMARTS) is 1. The predicted molar refractivity (Wildman–Crippen MR) is 118 cm³/mol. The highest BCUT2D eigenvalue weighted by atomic mass is 32.2. The number of rotatable bonds is 8. The molecule has 0 bridgehead atoms. The molecule has 0 aromatic heterocycles. The standard InChI is InChI=1S/C21H24O7S2/c1-24-13-6-11(7-14(25-2)18(13)20(22)23)17-10-29-21(30-17)12-8-15(26-3)19(28-5)16(9-12)27-4/h6-9,17,21H,10H2,1-5H3,(H,22,23). The van der Waals surface area contributed by atoms with Gasteiger partial charge in [-0.25, -0.2) is 4.79 Å². The summed E-state index contributed by atoms with van der Waals surface area (Å²) in [5, 5.41) is 9.64. The molecule has 1 aliphatic rings. The van der Waals surface area contributed by atoms with Crippen LogP contribution in [0, 0.1) is 0 Å². The third-order valence-corrected chi connectivity index (χ3v) is 8.10. The van der Waals surface area contributed by atoms with Crippen molar-refractivity contribution in [2.45, 2.75) is 9.83 Å². The Hall–Kier alpha value is -2.39. The van der Waals surface area contributed by atoms with E-state index >= 15 is 0 Å². The minimum Gasteiger partial charge on any atom is -0.496 e. The Morgan fingerprint density at radius 3 is 1.77 bits per heavy atom. The Bertz CT molecular complexity index is 882. The lowest BCUT2D eigenvalue weighted by molar-refractivity contribution is 0.0689. The number of carboxylic acids is 1. The SMILES string of the molecule is COc1cc(C2SCC(c3cc(OC)c(C(=O)O)c(OC)c3)S2)cc(OC)c1OC. The van der Waals surface area contributed by atoms with Crippen molar-refractivity contribution in [3.63, 3.8) is 0 Å². The molecular formula is C21H24O7S2. The monoisotopic (exact) mass is 452 g/mol. The van der Waals surface area contributed by atoms with Crippen LogP contribution in [0.1, 0.15) is 31.3 Å². The molecule has 3 rings (SSSR count). The van der Waals surface area contributed by atoms with E-state index in [-0.39, 0.29) is 15.4 Å². The summed E-state index contributed by atoms with van der Waals surface area (Å²) in [6.07, 6.45) is 0. The molecular weight excluding hydrogens is 428 g/mol. The highest BCUT2D eigenvalue weighted by Gasteiger charge is 2.32. The third kappa shape index (κ3) is 4.22. The summed E-state index contributed by atoms with van der Waals surface area (Å²) >= 11 is 3.57. The predicted octanol–water partition coefficient (Wildman–Crippen LogP) is 4.65. The van der Waals surface area contributed by atoms with Crippen molar-refractivity contribution < 1.29 is 33.6 Å². The van der Waals surface area contributed by atoms with E-state index in [9.17, 15) is 9.90 Å². The fraction of sp³-hybridized carbons (Fsp3) is 0.381. The topological polar surface area (TPSA) is 83.5 Å².